The van der Waals surface area contributed by atoms with Crippen LogP contribution in [-0.4, -0.2) is 6.54 Å². The van der Waals surface area contributed by atoms with Crippen LogP contribution in [0.3, 0.4) is 0 Å². The molecule has 0 aromatic heterocycles. The van der Waals surface area contributed by atoms with Crippen molar-refractivity contribution in [3.05, 3.63) is 35.1 Å². The van der Waals surface area contributed by atoms with E-state index >= 15 is 0 Å². The molecule has 0 amide bonds. The molecule has 1 rings (SSSR count). The fourth-order valence-electron chi connectivity index (χ4n) is 0.959. The number of aryl methyl sites for hydroxylation is 1. The summed E-state index contributed by atoms with van der Waals surface area (Å²) in [6.07, 6.45) is 0.677. The van der Waals surface area contributed by atoms with E-state index in [1.165, 1.54) is 6.07 Å². The van der Waals surface area contributed by atoms with Gasteiger partial charge in [0.25, 0.3) is 0 Å². The van der Waals surface area contributed by atoms with E-state index in [9.17, 15) is 4.39 Å². The molecular formula is C11H12FN. The summed E-state index contributed by atoms with van der Waals surface area (Å²) >= 11 is 0. The monoisotopic (exact) mass is 177 g/mol. The fraction of sp³-hybridized carbons (Fsp3) is 0.273. The third kappa shape index (κ3) is 2.89. The number of hydrogen-bond acceptors (Lipinski definition) is 1. The smallest absolute Gasteiger partial charge is 0.126 e. The number of hydrogen-bond donors (Lipinski definition) is 1. The maximum Gasteiger partial charge on any atom is 0.126 e. The highest BCUT2D eigenvalue weighted by atomic mass is 19.1. The van der Waals surface area contributed by atoms with Gasteiger partial charge in [-0.3, -0.25) is 0 Å². The minimum Gasteiger partial charge on any atom is -0.330 e. The first-order chi connectivity index (χ1) is 6.24. The molecular weight excluding hydrogens is 165 g/mol. The van der Waals surface area contributed by atoms with Gasteiger partial charge in [0.2, 0.25) is 0 Å². The lowest BCUT2D eigenvalue weighted by Gasteiger charge is -1.95. The summed E-state index contributed by atoms with van der Waals surface area (Å²) in [5.74, 6) is 5.63. The summed E-state index contributed by atoms with van der Waals surface area (Å²) in [5, 5.41) is 0. The van der Waals surface area contributed by atoms with Crippen molar-refractivity contribution in [2.75, 3.05) is 6.54 Å². The second kappa shape index (κ2) is 4.64. The molecule has 0 atom stereocenters. The summed E-state index contributed by atoms with van der Waals surface area (Å²) in [6, 6.07) is 4.84. The Morgan fingerprint density at radius 1 is 1.46 bits per heavy atom. The fourth-order valence-corrected chi connectivity index (χ4v) is 0.959. The van der Waals surface area contributed by atoms with E-state index in [0.717, 1.165) is 5.56 Å². The molecule has 0 spiro atoms. The minimum atomic E-state index is -0.190. The molecule has 0 saturated heterocycles. The van der Waals surface area contributed by atoms with Gasteiger partial charge >= 0.3 is 0 Å². The molecule has 0 aliphatic carbocycles. The molecule has 68 valence electrons. The van der Waals surface area contributed by atoms with Gasteiger partial charge in [-0.05, 0) is 30.7 Å². The topological polar surface area (TPSA) is 26.0 Å². The Bertz CT molecular complexity index is 347. The van der Waals surface area contributed by atoms with E-state index < -0.39 is 0 Å². The second-order valence-electron chi connectivity index (χ2n) is 2.80. The Kier molecular flexibility index (Phi) is 3.48. The molecule has 13 heavy (non-hydrogen) atoms. The number of benzene rings is 1. The molecule has 0 radical (unpaired) electrons. The molecule has 2 N–H and O–H groups in total. The van der Waals surface area contributed by atoms with Crippen LogP contribution in [0.5, 0.6) is 0 Å². The molecule has 0 fully saturated rings. The van der Waals surface area contributed by atoms with Crippen molar-refractivity contribution >= 4 is 0 Å². The van der Waals surface area contributed by atoms with Crippen LogP contribution in [0.25, 0.3) is 0 Å². The van der Waals surface area contributed by atoms with Gasteiger partial charge in [0.15, 0.2) is 0 Å². The van der Waals surface area contributed by atoms with Crippen molar-refractivity contribution in [1.29, 1.82) is 0 Å². The van der Waals surface area contributed by atoms with E-state index in [2.05, 4.69) is 11.8 Å². The third-order valence-electron chi connectivity index (χ3n) is 1.66. The molecule has 1 nitrogen and oxygen atoms in total. The van der Waals surface area contributed by atoms with Gasteiger partial charge in [-0.2, -0.15) is 0 Å². The van der Waals surface area contributed by atoms with E-state index in [4.69, 9.17) is 5.73 Å². The summed E-state index contributed by atoms with van der Waals surface area (Å²) in [4.78, 5) is 0. The Morgan fingerprint density at radius 2 is 2.23 bits per heavy atom. The largest absolute Gasteiger partial charge is 0.330 e. The standard InChI is InChI=1S/C11H12FN/c1-9-8-10(4-2-3-7-13)5-6-11(9)12/h5-6,8H,3,7,13H2,1H3. The molecule has 0 saturated carbocycles. The van der Waals surface area contributed by atoms with Crippen molar-refractivity contribution in [1.82, 2.24) is 0 Å². The molecule has 0 heterocycles. The average molecular weight is 177 g/mol. The lowest BCUT2D eigenvalue weighted by atomic mass is 10.1. The summed E-state index contributed by atoms with van der Waals surface area (Å²) in [7, 11) is 0. The first-order valence-corrected chi connectivity index (χ1v) is 4.19. The van der Waals surface area contributed by atoms with Gasteiger partial charge in [-0.15, -0.1) is 0 Å². The molecule has 1 aromatic rings. The SMILES string of the molecule is Cc1cc(C#CCCN)ccc1F. The lowest BCUT2D eigenvalue weighted by molar-refractivity contribution is 0.618. The van der Waals surface area contributed by atoms with Crippen LogP contribution in [0.1, 0.15) is 17.5 Å². The predicted octanol–water partition coefficient (Wildman–Crippen LogP) is 1.83. The van der Waals surface area contributed by atoms with Gasteiger partial charge in [0.05, 0.1) is 0 Å². The van der Waals surface area contributed by atoms with Gasteiger partial charge in [0, 0.05) is 18.5 Å². The third-order valence-corrected chi connectivity index (χ3v) is 1.66. The van der Waals surface area contributed by atoms with Crippen molar-refractivity contribution in [3.63, 3.8) is 0 Å². The van der Waals surface area contributed by atoms with Crippen LogP contribution < -0.4 is 5.73 Å². The molecule has 1 aromatic carbocycles. The number of halogens is 1. The summed E-state index contributed by atoms with van der Waals surface area (Å²) in [6.45, 7) is 2.29. The zero-order valence-corrected chi connectivity index (χ0v) is 7.60. The zero-order chi connectivity index (χ0) is 9.68. The maximum atomic E-state index is 12.8. The van der Waals surface area contributed by atoms with Crippen LogP contribution in [0.2, 0.25) is 0 Å². The Morgan fingerprint density at radius 3 is 2.85 bits per heavy atom. The van der Waals surface area contributed by atoms with E-state index in [1.807, 2.05) is 0 Å². The Balaban J connectivity index is 2.81. The normalized spacial score (nSPS) is 9.15. The van der Waals surface area contributed by atoms with Crippen LogP contribution in [-0.2, 0) is 0 Å². The quantitative estimate of drug-likeness (QED) is 0.651. The molecule has 2 heteroatoms. The molecule has 0 aliphatic rings. The molecule has 0 unspecified atom stereocenters. The summed E-state index contributed by atoms with van der Waals surface area (Å²) < 4.78 is 12.8. The number of nitrogens with two attached hydrogens (primary N) is 1. The average Bonchev–Trinajstić information content (AvgIpc) is 2.12. The maximum absolute atomic E-state index is 12.8. The number of rotatable bonds is 1. The van der Waals surface area contributed by atoms with Crippen LogP contribution in [0.4, 0.5) is 4.39 Å². The van der Waals surface area contributed by atoms with Gasteiger partial charge in [0.1, 0.15) is 5.82 Å². The van der Waals surface area contributed by atoms with Crippen molar-refractivity contribution in [3.8, 4) is 11.8 Å². The second-order valence-corrected chi connectivity index (χ2v) is 2.80. The summed E-state index contributed by atoms with van der Waals surface area (Å²) in [5.41, 5.74) is 6.75. The van der Waals surface area contributed by atoms with E-state index in [1.54, 1.807) is 19.1 Å². The predicted molar refractivity (Wildman–Crippen MR) is 51.7 cm³/mol. The lowest BCUT2D eigenvalue weighted by Crippen LogP contribution is -1.95. The highest BCUT2D eigenvalue weighted by molar-refractivity contribution is 5.37. The van der Waals surface area contributed by atoms with E-state index in [0.29, 0.717) is 18.5 Å². The van der Waals surface area contributed by atoms with Crippen LogP contribution in [0.15, 0.2) is 18.2 Å². The van der Waals surface area contributed by atoms with Gasteiger partial charge in [-0.25, -0.2) is 4.39 Å². The molecule has 0 bridgehead atoms. The Labute approximate surface area is 77.8 Å². The van der Waals surface area contributed by atoms with Crippen molar-refractivity contribution in [2.24, 2.45) is 5.73 Å². The zero-order valence-electron chi connectivity index (χ0n) is 7.60. The van der Waals surface area contributed by atoms with Crippen molar-refractivity contribution in [2.45, 2.75) is 13.3 Å². The van der Waals surface area contributed by atoms with Crippen LogP contribution >= 0.6 is 0 Å². The van der Waals surface area contributed by atoms with Gasteiger partial charge < -0.3 is 5.73 Å². The van der Waals surface area contributed by atoms with Gasteiger partial charge in [-0.1, -0.05) is 11.8 Å². The first-order valence-electron chi connectivity index (χ1n) is 4.19. The molecule has 0 aliphatic heterocycles. The highest BCUT2D eigenvalue weighted by Crippen LogP contribution is 2.07. The first kappa shape index (κ1) is 9.76. The Hall–Kier alpha value is -1.33. The van der Waals surface area contributed by atoms with Crippen molar-refractivity contribution < 1.29 is 4.39 Å². The minimum absolute atomic E-state index is 0.190. The van der Waals surface area contributed by atoms with Crippen LogP contribution in [0, 0.1) is 24.6 Å². The van der Waals surface area contributed by atoms with E-state index in [-0.39, 0.29) is 5.82 Å². The highest BCUT2D eigenvalue weighted by Gasteiger charge is 1.95.